The maximum Gasteiger partial charge on any atom is 0.328 e. The van der Waals surface area contributed by atoms with Gasteiger partial charge in [-0.1, -0.05) is 27.5 Å². The number of hydrogen-bond acceptors (Lipinski definition) is 3. The highest BCUT2D eigenvalue weighted by molar-refractivity contribution is 9.10. The van der Waals surface area contributed by atoms with Crippen molar-refractivity contribution in [3.8, 4) is 0 Å². The van der Waals surface area contributed by atoms with Gasteiger partial charge in [0.15, 0.2) is 0 Å². The fourth-order valence-corrected chi connectivity index (χ4v) is 1.75. The molecule has 0 aliphatic rings. The average Bonchev–Trinajstić information content (AvgIpc) is 2.30. The highest BCUT2D eigenvalue weighted by Gasteiger charge is 2.18. The van der Waals surface area contributed by atoms with E-state index in [1.54, 1.807) is 18.2 Å². The first-order valence-electron chi connectivity index (χ1n) is 4.79. The SMILES string of the molecule is COC(=O)[C@H](C)NC(=O)c1cc(Br)ccc1Cl. The van der Waals surface area contributed by atoms with Crippen LogP contribution in [0.5, 0.6) is 0 Å². The number of methoxy groups -OCH3 is 1. The molecule has 0 fully saturated rings. The first-order chi connectivity index (χ1) is 7.95. The van der Waals surface area contributed by atoms with Crippen LogP contribution >= 0.6 is 27.5 Å². The Morgan fingerprint density at radius 3 is 2.71 bits per heavy atom. The van der Waals surface area contributed by atoms with Crippen LogP contribution in [0, 0.1) is 0 Å². The number of ether oxygens (including phenoxy) is 1. The highest BCUT2D eigenvalue weighted by atomic mass is 79.9. The number of esters is 1. The van der Waals surface area contributed by atoms with Crippen molar-refractivity contribution in [2.75, 3.05) is 7.11 Å². The Morgan fingerprint density at radius 2 is 2.12 bits per heavy atom. The number of hydrogen-bond donors (Lipinski definition) is 1. The fraction of sp³-hybridized carbons (Fsp3) is 0.273. The summed E-state index contributed by atoms with van der Waals surface area (Å²) in [5, 5.41) is 2.82. The number of amides is 1. The van der Waals surface area contributed by atoms with Crippen LogP contribution in [0.15, 0.2) is 22.7 Å². The lowest BCUT2D eigenvalue weighted by Crippen LogP contribution is -2.39. The molecule has 1 N–H and O–H groups in total. The molecule has 1 aromatic rings. The Bertz CT molecular complexity index is 450. The minimum absolute atomic E-state index is 0.303. The summed E-state index contributed by atoms with van der Waals surface area (Å²) < 4.78 is 5.24. The van der Waals surface area contributed by atoms with Crippen molar-refractivity contribution in [2.45, 2.75) is 13.0 Å². The van der Waals surface area contributed by atoms with Gasteiger partial charge in [0.05, 0.1) is 17.7 Å². The topological polar surface area (TPSA) is 55.4 Å². The van der Waals surface area contributed by atoms with Gasteiger partial charge in [0.2, 0.25) is 0 Å². The van der Waals surface area contributed by atoms with E-state index in [9.17, 15) is 9.59 Å². The van der Waals surface area contributed by atoms with Gasteiger partial charge in [0, 0.05) is 4.47 Å². The third-order valence-electron chi connectivity index (χ3n) is 2.08. The van der Waals surface area contributed by atoms with Gasteiger partial charge in [0.25, 0.3) is 5.91 Å². The van der Waals surface area contributed by atoms with Gasteiger partial charge in [-0.25, -0.2) is 4.79 Å². The van der Waals surface area contributed by atoms with Crippen LogP contribution in [0.2, 0.25) is 5.02 Å². The Kier molecular flexibility index (Phi) is 4.96. The normalized spacial score (nSPS) is 11.8. The van der Waals surface area contributed by atoms with Gasteiger partial charge < -0.3 is 10.1 Å². The number of nitrogens with one attached hydrogen (secondary N) is 1. The summed E-state index contributed by atoms with van der Waals surface area (Å²) in [4.78, 5) is 23.0. The Balaban J connectivity index is 2.83. The van der Waals surface area contributed by atoms with Crippen LogP contribution in [0.1, 0.15) is 17.3 Å². The molecule has 1 rings (SSSR count). The van der Waals surface area contributed by atoms with Crippen LogP contribution in [-0.4, -0.2) is 25.0 Å². The van der Waals surface area contributed by atoms with Crippen LogP contribution in [0.4, 0.5) is 0 Å². The summed E-state index contributed by atoms with van der Waals surface area (Å²) in [5.41, 5.74) is 0.303. The minimum Gasteiger partial charge on any atom is -0.467 e. The first kappa shape index (κ1) is 14.0. The zero-order valence-corrected chi connectivity index (χ0v) is 11.6. The van der Waals surface area contributed by atoms with Crippen LogP contribution in [0.3, 0.4) is 0 Å². The second-order valence-corrected chi connectivity index (χ2v) is 4.67. The van der Waals surface area contributed by atoms with Crippen molar-refractivity contribution in [2.24, 2.45) is 0 Å². The molecule has 0 aliphatic heterocycles. The summed E-state index contributed by atoms with van der Waals surface area (Å²) in [6, 6.07) is 4.19. The monoisotopic (exact) mass is 319 g/mol. The zero-order chi connectivity index (χ0) is 13.0. The predicted molar refractivity (Wildman–Crippen MR) is 68.1 cm³/mol. The quantitative estimate of drug-likeness (QED) is 0.870. The number of carbonyl (C=O) groups is 2. The summed E-state index contributed by atoms with van der Waals surface area (Å²) in [6.07, 6.45) is 0. The molecule has 0 aromatic heterocycles. The van der Waals surface area contributed by atoms with E-state index < -0.39 is 17.9 Å². The van der Waals surface area contributed by atoms with Crippen LogP contribution < -0.4 is 5.32 Å². The van der Waals surface area contributed by atoms with E-state index in [0.717, 1.165) is 4.47 Å². The summed E-state index contributed by atoms with van der Waals surface area (Å²) in [7, 11) is 1.26. The van der Waals surface area contributed by atoms with Gasteiger partial charge in [-0.3, -0.25) is 4.79 Å². The molecule has 4 nitrogen and oxygen atoms in total. The summed E-state index contributed by atoms with van der Waals surface area (Å²) in [6.45, 7) is 1.54. The number of halogens is 2. The number of benzene rings is 1. The van der Waals surface area contributed by atoms with Gasteiger partial charge >= 0.3 is 5.97 Å². The maximum atomic E-state index is 11.8. The lowest BCUT2D eigenvalue weighted by Gasteiger charge is -2.12. The van der Waals surface area contributed by atoms with Gasteiger partial charge in [-0.05, 0) is 25.1 Å². The molecule has 17 heavy (non-hydrogen) atoms. The van der Waals surface area contributed by atoms with Crippen molar-refractivity contribution in [1.82, 2.24) is 5.32 Å². The molecule has 0 heterocycles. The zero-order valence-electron chi connectivity index (χ0n) is 9.29. The summed E-state index contributed by atoms with van der Waals surface area (Å²) >= 11 is 9.13. The molecule has 1 aromatic carbocycles. The molecule has 0 saturated heterocycles. The van der Waals surface area contributed by atoms with Crippen LogP contribution in [-0.2, 0) is 9.53 Å². The molecule has 6 heteroatoms. The predicted octanol–water partition coefficient (Wildman–Crippen LogP) is 2.39. The van der Waals surface area contributed by atoms with Crippen LogP contribution in [0.25, 0.3) is 0 Å². The second kappa shape index (κ2) is 6.02. The van der Waals surface area contributed by atoms with E-state index in [0.29, 0.717) is 10.6 Å². The van der Waals surface area contributed by atoms with E-state index in [4.69, 9.17) is 11.6 Å². The second-order valence-electron chi connectivity index (χ2n) is 3.34. The highest BCUT2D eigenvalue weighted by Crippen LogP contribution is 2.20. The molecule has 92 valence electrons. The van der Waals surface area contributed by atoms with E-state index in [2.05, 4.69) is 26.0 Å². The molecule has 0 spiro atoms. The average molecular weight is 321 g/mol. The molecule has 1 amide bonds. The van der Waals surface area contributed by atoms with Gasteiger partial charge in [-0.2, -0.15) is 0 Å². The van der Waals surface area contributed by atoms with Crippen molar-refractivity contribution in [3.63, 3.8) is 0 Å². The standard InChI is InChI=1S/C11H11BrClNO3/c1-6(11(16)17-2)14-10(15)8-5-7(12)3-4-9(8)13/h3-6H,1-2H3,(H,14,15)/t6-/m0/s1. The first-order valence-corrected chi connectivity index (χ1v) is 5.96. The maximum absolute atomic E-state index is 11.8. The molecule has 0 unspecified atom stereocenters. The lowest BCUT2D eigenvalue weighted by molar-refractivity contribution is -0.142. The molecule has 0 radical (unpaired) electrons. The lowest BCUT2D eigenvalue weighted by atomic mass is 10.2. The Hall–Kier alpha value is -1.07. The fourth-order valence-electron chi connectivity index (χ4n) is 1.18. The van der Waals surface area contributed by atoms with Crippen molar-refractivity contribution >= 4 is 39.4 Å². The Morgan fingerprint density at radius 1 is 1.47 bits per heavy atom. The van der Waals surface area contributed by atoms with Gasteiger partial charge in [0.1, 0.15) is 6.04 Å². The molecule has 0 aliphatic carbocycles. The number of rotatable bonds is 3. The minimum atomic E-state index is -0.720. The van der Waals surface area contributed by atoms with Crippen molar-refractivity contribution in [3.05, 3.63) is 33.3 Å². The molecular formula is C11H11BrClNO3. The van der Waals surface area contributed by atoms with Crippen molar-refractivity contribution < 1.29 is 14.3 Å². The molecular weight excluding hydrogens is 309 g/mol. The molecule has 1 atom stereocenters. The Labute approximate surface area is 112 Å². The third-order valence-corrected chi connectivity index (χ3v) is 2.90. The largest absolute Gasteiger partial charge is 0.467 e. The number of carbonyl (C=O) groups excluding carboxylic acids is 2. The third kappa shape index (κ3) is 3.71. The van der Waals surface area contributed by atoms with Gasteiger partial charge in [-0.15, -0.1) is 0 Å². The molecule has 0 bridgehead atoms. The van der Waals surface area contributed by atoms with E-state index in [1.165, 1.54) is 14.0 Å². The van der Waals surface area contributed by atoms with Crippen molar-refractivity contribution in [1.29, 1.82) is 0 Å². The summed E-state index contributed by atoms with van der Waals surface area (Å²) in [5.74, 6) is -0.932. The van der Waals surface area contributed by atoms with E-state index in [1.807, 2.05) is 0 Å². The smallest absolute Gasteiger partial charge is 0.328 e. The molecule has 0 saturated carbocycles. The van der Waals surface area contributed by atoms with E-state index >= 15 is 0 Å². The van der Waals surface area contributed by atoms with E-state index in [-0.39, 0.29) is 0 Å².